The Balaban J connectivity index is 2.16. The van der Waals surface area contributed by atoms with Gasteiger partial charge in [-0.3, -0.25) is 0 Å². The summed E-state index contributed by atoms with van der Waals surface area (Å²) >= 11 is 0. The fourth-order valence-electron chi connectivity index (χ4n) is 2.00. The van der Waals surface area contributed by atoms with Gasteiger partial charge in [0.15, 0.2) is 0 Å². The molecule has 1 aromatic rings. The van der Waals surface area contributed by atoms with Gasteiger partial charge in [-0.2, -0.15) is 0 Å². The molecule has 1 atom stereocenters. The molecule has 1 fully saturated rings. The number of anilines is 1. The van der Waals surface area contributed by atoms with E-state index in [0.717, 1.165) is 18.7 Å². The van der Waals surface area contributed by atoms with Crippen molar-refractivity contribution in [3.8, 4) is 0 Å². The summed E-state index contributed by atoms with van der Waals surface area (Å²) < 4.78 is 0. The van der Waals surface area contributed by atoms with Crippen molar-refractivity contribution in [3.63, 3.8) is 0 Å². The largest absolute Gasteiger partial charge is 0.384 e. The molecule has 0 unspecified atom stereocenters. The van der Waals surface area contributed by atoms with Crippen LogP contribution in [-0.2, 0) is 0 Å². The van der Waals surface area contributed by atoms with E-state index in [0.29, 0.717) is 29.6 Å². The van der Waals surface area contributed by atoms with Crippen molar-refractivity contribution in [2.75, 3.05) is 12.8 Å². The number of hydrogen-bond acceptors (Lipinski definition) is 5. The summed E-state index contributed by atoms with van der Waals surface area (Å²) in [5.41, 5.74) is 7.01. The highest BCUT2D eigenvalue weighted by molar-refractivity contribution is 5.97. The number of nitrogens with two attached hydrogens (primary N) is 1. The Kier molecular flexibility index (Phi) is 3.91. The van der Waals surface area contributed by atoms with Gasteiger partial charge >= 0.3 is 0 Å². The van der Waals surface area contributed by atoms with E-state index in [-0.39, 0.29) is 6.04 Å². The minimum atomic E-state index is 0.265. The summed E-state index contributed by atoms with van der Waals surface area (Å²) in [5, 5.41) is 11.2. The molecule has 1 heterocycles. The SMILES string of the molecule is CN[C@H](C)CC(=N)c1cc(N)nc(C2CCC2)n1. The molecule has 1 aliphatic carbocycles. The Morgan fingerprint density at radius 2 is 2.28 bits per heavy atom. The Labute approximate surface area is 108 Å². The van der Waals surface area contributed by atoms with Crippen LogP contribution in [0, 0.1) is 5.41 Å². The van der Waals surface area contributed by atoms with Crippen LogP contribution in [0.3, 0.4) is 0 Å². The average Bonchev–Trinajstić information content (AvgIpc) is 2.25. The molecular formula is C13H21N5. The third kappa shape index (κ3) is 2.85. The van der Waals surface area contributed by atoms with E-state index in [9.17, 15) is 0 Å². The molecule has 5 heteroatoms. The second-order valence-corrected chi connectivity index (χ2v) is 5.04. The minimum Gasteiger partial charge on any atom is -0.384 e. The molecule has 1 saturated carbocycles. The van der Waals surface area contributed by atoms with Crippen molar-refractivity contribution in [3.05, 3.63) is 17.6 Å². The number of aromatic nitrogens is 2. The fraction of sp³-hybridized carbons (Fsp3) is 0.615. The molecule has 5 nitrogen and oxygen atoms in total. The summed E-state index contributed by atoms with van der Waals surface area (Å²) in [4.78, 5) is 8.79. The lowest BCUT2D eigenvalue weighted by Gasteiger charge is -2.24. The molecule has 1 aromatic heterocycles. The standard InChI is InChI=1S/C13H21N5/c1-8(16-2)6-10(14)11-7-12(15)18-13(17-11)9-4-3-5-9/h7-9,14,16H,3-6H2,1-2H3,(H2,15,17,18)/t8-/m1/s1. The highest BCUT2D eigenvalue weighted by Crippen LogP contribution is 2.34. The molecule has 0 amide bonds. The zero-order valence-electron chi connectivity index (χ0n) is 11.0. The van der Waals surface area contributed by atoms with E-state index in [2.05, 4.69) is 15.3 Å². The van der Waals surface area contributed by atoms with Crippen LogP contribution in [0.2, 0.25) is 0 Å². The first-order valence-corrected chi connectivity index (χ1v) is 6.49. The van der Waals surface area contributed by atoms with E-state index in [1.165, 1.54) is 6.42 Å². The Morgan fingerprint density at radius 1 is 1.56 bits per heavy atom. The average molecular weight is 247 g/mol. The van der Waals surface area contributed by atoms with Gasteiger partial charge in [-0.05, 0) is 26.8 Å². The number of nitrogens with zero attached hydrogens (tertiary/aromatic N) is 2. The van der Waals surface area contributed by atoms with Gasteiger partial charge in [0.1, 0.15) is 11.6 Å². The maximum Gasteiger partial charge on any atom is 0.134 e. The highest BCUT2D eigenvalue weighted by atomic mass is 15.0. The molecule has 1 aliphatic rings. The monoisotopic (exact) mass is 247 g/mol. The second-order valence-electron chi connectivity index (χ2n) is 5.04. The molecule has 0 saturated heterocycles. The Morgan fingerprint density at radius 3 is 2.83 bits per heavy atom. The molecular weight excluding hydrogens is 226 g/mol. The Bertz CT molecular complexity index is 439. The van der Waals surface area contributed by atoms with Gasteiger partial charge in [0, 0.05) is 24.4 Å². The van der Waals surface area contributed by atoms with Gasteiger partial charge in [0.25, 0.3) is 0 Å². The van der Waals surface area contributed by atoms with Gasteiger partial charge in [-0.15, -0.1) is 0 Å². The van der Waals surface area contributed by atoms with Gasteiger partial charge in [0.2, 0.25) is 0 Å². The second kappa shape index (κ2) is 5.44. The summed E-state index contributed by atoms with van der Waals surface area (Å²) in [6.45, 7) is 2.05. The number of nitrogen functional groups attached to an aromatic ring is 1. The third-order valence-electron chi connectivity index (χ3n) is 3.55. The number of nitrogens with one attached hydrogen (secondary N) is 2. The molecule has 0 aliphatic heterocycles. The van der Waals surface area contributed by atoms with Crippen LogP contribution in [0.25, 0.3) is 0 Å². The third-order valence-corrected chi connectivity index (χ3v) is 3.55. The van der Waals surface area contributed by atoms with Crippen LogP contribution in [0.1, 0.15) is 50.0 Å². The topological polar surface area (TPSA) is 87.7 Å². The summed E-state index contributed by atoms with van der Waals surface area (Å²) in [6, 6.07) is 1.97. The van der Waals surface area contributed by atoms with Crippen molar-refractivity contribution in [2.45, 2.75) is 44.6 Å². The van der Waals surface area contributed by atoms with Crippen molar-refractivity contribution < 1.29 is 0 Å². The number of hydrogen-bond donors (Lipinski definition) is 3. The normalized spacial score (nSPS) is 17.2. The summed E-state index contributed by atoms with van der Waals surface area (Å²) in [5.74, 6) is 1.74. The smallest absolute Gasteiger partial charge is 0.134 e. The molecule has 0 bridgehead atoms. The van der Waals surface area contributed by atoms with Gasteiger partial charge in [-0.1, -0.05) is 6.42 Å². The molecule has 2 rings (SSSR count). The first-order valence-electron chi connectivity index (χ1n) is 6.49. The van der Waals surface area contributed by atoms with Crippen molar-refractivity contribution in [1.82, 2.24) is 15.3 Å². The first kappa shape index (κ1) is 13.0. The van der Waals surface area contributed by atoms with E-state index < -0.39 is 0 Å². The van der Waals surface area contributed by atoms with Crippen LogP contribution < -0.4 is 11.1 Å². The van der Waals surface area contributed by atoms with Gasteiger partial charge in [-0.25, -0.2) is 9.97 Å². The van der Waals surface area contributed by atoms with Crippen LogP contribution in [0.15, 0.2) is 6.07 Å². The molecule has 18 heavy (non-hydrogen) atoms. The predicted molar refractivity (Wildman–Crippen MR) is 73.0 cm³/mol. The van der Waals surface area contributed by atoms with E-state index in [4.69, 9.17) is 11.1 Å². The summed E-state index contributed by atoms with van der Waals surface area (Å²) in [7, 11) is 1.89. The van der Waals surface area contributed by atoms with Crippen molar-refractivity contribution >= 4 is 11.5 Å². The first-order chi connectivity index (χ1) is 8.60. The van der Waals surface area contributed by atoms with Crippen molar-refractivity contribution in [2.24, 2.45) is 0 Å². The Hall–Kier alpha value is -1.49. The molecule has 4 N–H and O–H groups in total. The van der Waals surface area contributed by atoms with Crippen LogP contribution in [-0.4, -0.2) is 28.8 Å². The van der Waals surface area contributed by atoms with E-state index >= 15 is 0 Å². The minimum absolute atomic E-state index is 0.265. The zero-order chi connectivity index (χ0) is 13.1. The predicted octanol–water partition coefficient (Wildman–Crippen LogP) is 1.69. The van der Waals surface area contributed by atoms with E-state index in [1.54, 1.807) is 6.07 Å². The maximum atomic E-state index is 8.09. The van der Waals surface area contributed by atoms with Gasteiger partial charge in [0.05, 0.1) is 11.4 Å². The fourth-order valence-corrected chi connectivity index (χ4v) is 2.00. The van der Waals surface area contributed by atoms with E-state index in [1.807, 2.05) is 14.0 Å². The molecule has 0 aromatic carbocycles. The lowest BCUT2D eigenvalue weighted by Crippen LogP contribution is -2.25. The zero-order valence-corrected chi connectivity index (χ0v) is 11.0. The highest BCUT2D eigenvalue weighted by Gasteiger charge is 2.23. The summed E-state index contributed by atoms with van der Waals surface area (Å²) in [6.07, 6.45) is 4.18. The number of rotatable bonds is 5. The lowest BCUT2D eigenvalue weighted by atomic mass is 9.85. The van der Waals surface area contributed by atoms with Crippen LogP contribution in [0.5, 0.6) is 0 Å². The lowest BCUT2D eigenvalue weighted by molar-refractivity contribution is 0.401. The van der Waals surface area contributed by atoms with Gasteiger partial charge < -0.3 is 16.5 Å². The molecule has 0 radical (unpaired) electrons. The van der Waals surface area contributed by atoms with Crippen LogP contribution in [0.4, 0.5) is 5.82 Å². The van der Waals surface area contributed by atoms with Crippen LogP contribution >= 0.6 is 0 Å². The quantitative estimate of drug-likeness (QED) is 0.691. The molecule has 0 spiro atoms. The molecule has 98 valence electrons. The van der Waals surface area contributed by atoms with Crippen molar-refractivity contribution in [1.29, 1.82) is 5.41 Å². The maximum absolute atomic E-state index is 8.09.